The van der Waals surface area contributed by atoms with Crippen molar-refractivity contribution in [3.05, 3.63) is 33.6 Å². The van der Waals surface area contributed by atoms with Crippen molar-refractivity contribution in [3.8, 4) is 0 Å². The highest BCUT2D eigenvalue weighted by atomic mass is 35.5. The molecule has 0 saturated heterocycles. The fourth-order valence-corrected chi connectivity index (χ4v) is 1.99. The van der Waals surface area contributed by atoms with Crippen LogP contribution in [0.1, 0.15) is 18.5 Å². The number of likely N-dealkylation sites (N-methyl/N-ethyl adjacent to an activating group) is 1. The lowest BCUT2D eigenvalue weighted by atomic mass is 10.1. The maximum atomic E-state index is 13.3. The van der Waals surface area contributed by atoms with E-state index in [0.29, 0.717) is 10.6 Å². The Labute approximate surface area is 109 Å². The molecule has 1 aromatic carbocycles. The molecule has 0 aliphatic carbocycles. The first-order chi connectivity index (χ1) is 7.82. The molecule has 0 heterocycles. The van der Waals surface area contributed by atoms with E-state index in [-0.39, 0.29) is 17.6 Å². The minimum atomic E-state index is -0.954. The van der Waals surface area contributed by atoms with Crippen molar-refractivity contribution in [1.29, 1.82) is 0 Å². The summed E-state index contributed by atoms with van der Waals surface area (Å²) < 4.78 is 13.3. The predicted molar refractivity (Wildman–Crippen MR) is 65.1 cm³/mol. The summed E-state index contributed by atoms with van der Waals surface area (Å²) in [6.07, 6.45) is 0. The van der Waals surface area contributed by atoms with Crippen molar-refractivity contribution in [2.24, 2.45) is 0 Å². The molecule has 0 bridgehead atoms. The summed E-state index contributed by atoms with van der Waals surface area (Å²) in [7, 11) is 1.63. The highest BCUT2D eigenvalue weighted by molar-refractivity contribution is 6.35. The van der Waals surface area contributed by atoms with Gasteiger partial charge < -0.3 is 5.11 Å². The van der Waals surface area contributed by atoms with E-state index in [0.717, 1.165) is 0 Å². The van der Waals surface area contributed by atoms with Crippen LogP contribution in [0.25, 0.3) is 0 Å². The number of halogens is 3. The van der Waals surface area contributed by atoms with Gasteiger partial charge >= 0.3 is 5.97 Å². The molecule has 0 amide bonds. The Morgan fingerprint density at radius 2 is 2.06 bits per heavy atom. The number of nitrogens with zero attached hydrogens (tertiary/aromatic N) is 1. The molecule has 1 N–H and O–H groups in total. The lowest BCUT2D eigenvalue weighted by Crippen LogP contribution is -2.28. The molecule has 0 fully saturated rings. The second-order valence-electron chi connectivity index (χ2n) is 3.77. The van der Waals surface area contributed by atoms with Crippen LogP contribution in [0.15, 0.2) is 12.1 Å². The van der Waals surface area contributed by atoms with Gasteiger partial charge in [0.15, 0.2) is 0 Å². The average Bonchev–Trinajstić information content (AvgIpc) is 2.21. The van der Waals surface area contributed by atoms with Crippen LogP contribution in [-0.2, 0) is 4.79 Å². The fourth-order valence-electron chi connectivity index (χ4n) is 1.45. The van der Waals surface area contributed by atoms with Crippen molar-refractivity contribution in [1.82, 2.24) is 4.90 Å². The smallest absolute Gasteiger partial charge is 0.317 e. The van der Waals surface area contributed by atoms with Gasteiger partial charge in [0, 0.05) is 11.1 Å². The Morgan fingerprint density at radius 3 is 2.59 bits per heavy atom. The van der Waals surface area contributed by atoms with Crippen molar-refractivity contribution < 1.29 is 14.3 Å². The molecule has 94 valence electrons. The van der Waals surface area contributed by atoms with Gasteiger partial charge in [-0.3, -0.25) is 9.69 Å². The van der Waals surface area contributed by atoms with E-state index in [1.807, 2.05) is 0 Å². The number of rotatable bonds is 4. The van der Waals surface area contributed by atoms with Gasteiger partial charge in [0.2, 0.25) is 0 Å². The number of aliphatic carboxylic acids is 1. The van der Waals surface area contributed by atoms with E-state index in [1.54, 1.807) is 18.9 Å². The van der Waals surface area contributed by atoms with Crippen molar-refractivity contribution in [2.45, 2.75) is 13.0 Å². The topological polar surface area (TPSA) is 40.5 Å². The molecule has 1 atom stereocenters. The predicted octanol–water partition coefficient (Wildman–Crippen LogP) is 3.21. The van der Waals surface area contributed by atoms with Crippen LogP contribution < -0.4 is 0 Å². The lowest BCUT2D eigenvalue weighted by Gasteiger charge is -2.24. The largest absolute Gasteiger partial charge is 0.480 e. The zero-order chi connectivity index (χ0) is 13.2. The zero-order valence-electron chi connectivity index (χ0n) is 9.38. The van der Waals surface area contributed by atoms with Crippen molar-refractivity contribution in [3.63, 3.8) is 0 Å². The van der Waals surface area contributed by atoms with Crippen LogP contribution in [0.5, 0.6) is 0 Å². The molecule has 0 aliphatic rings. The van der Waals surface area contributed by atoms with Gasteiger partial charge in [-0.15, -0.1) is 0 Å². The Hall–Kier alpha value is -0.840. The Balaban J connectivity index is 2.99. The van der Waals surface area contributed by atoms with E-state index in [9.17, 15) is 9.18 Å². The molecule has 3 nitrogen and oxygen atoms in total. The summed E-state index contributed by atoms with van der Waals surface area (Å²) in [4.78, 5) is 12.1. The van der Waals surface area contributed by atoms with Gasteiger partial charge in [-0.05, 0) is 31.7 Å². The van der Waals surface area contributed by atoms with Gasteiger partial charge in [0.1, 0.15) is 5.82 Å². The molecular formula is C11H12Cl2FNO2. The van der Waals surface area contributed by atoms with Gasteiger partial charge in [0.05, 0.1) is 11.6 Å². The molecule has 6 heteroatoms. The van der Waals surface area contributed by atoms with E-state index in [2.05, 4.69) is 0 Å². The summed E-state index contributed by atoms with van der Waals surface area (Å²) >= 11 is 11.5. The van der Waals surface area contributed by atoms with Gasteiger partial charge in [-0.2, -0.15) is 0 Å². The molecule has 0 radical (unpaired) electrons. The third kappa shape index (κ3) is 3.56. The van der Waals surface area contributed by atoms with Crippen molar-refractivity contribution >= 4 is 29.2 Å². The van der Waals surface area contributed by atoms with E-state index in [1.165, 1.54) is 12.1 Å². The third-order valence-corrected chi connectivity index (χ3v) is 3.15. The number of hydrogen-bond acceptors (Lipinski definition) is 2. The van der Waals surface area contributed by atoms with Crippen LogP contribution in [0.2, 0.25) is 10.0 Å². The minimum absolute atomic E-state index is 0.0492. The summed E-state index contributed by atoms with van der Waals surface area (Å²) in [6, 6.07) is 2.23. The second-order valence-corrected chi connectivity index (χ2v) is 4.59. The van der Waals surface area contributed by atoms with E-state index in [4.69, 9.17) is 28.3 Å². The molecule has 1 rings (SSSR count). The SMILES string of the molecule is CC(c1cc(F)c(Cl)cc1Cl)N(C)CC(=O)O. The first-order valence-electron chi connectivity index (χ1n) is 4.89. The van der Waals surface area contributed by atoms with Gasteiger partial charge in [0.25, 0.3) is 0 Å². The Kier molecular flexibility index (Phi) is 4.74. The summed E-state index contributed by atoms with van der Waals surface area (Å²) in [5.41, 5.74) is 0.511. The average molecular weight is 280 g/mol. The van der Waals surface area contributed by atoms with Crippen LogP contribution in [0.3, 0.4) is 0 Å². The normalized spacial score (nSPS) is 12.8. The molecule has 0 aliphatic heterocycles. The molecule has 0 spiro atoms. The monoisotopic (exact) mass is 279 g/mol. The highest BCUT2D eigenvalue weighted by Gasteiger charge is 2.18. The lowest BCUT2D eigenvalue weighted by molar-refractivity contribution is -0.138. The molecule has 1 unspecified atom stereocenters. The molecule has 0 saturated carbocycles. The van der Waals surface area contributed by atoms with E-state index >= 15 is 0 Å². The first kappa shape index (κ1) is 14.2. The maximum absolute atomic E-state index is 13.3. The van der Waals surface area contributed by atoms with Crippen LogP contribution in [0, 0.1) is 5.82 Å². The summed E-state index contributed by atoms with van der Waals surface area (Å²) in [5.74, 6) is -1.52. The fraction of sp³-hybridized carbons (Fsp3) is 0.364. The van der Waals surface area contributed by atoms with Crippen LogP contribution >= 0.6 is 23.2 Å². The maximum Gasteiger partial charge on any atom is 0.317 e. The number of carbonyl (C=O) groups is 1. The Bertz CT molecular complexity index is 440. The summed E-state index contributed by atoms with van der Waals surface area (Å²) in [5, 5.41) is 8.95. The standard InChI is InChI=1S/C11H12Cl2FNO2/c1-6(15(2)5-11(16)17)7-3-10(14)9(13)4-8(7)12/h3-4,6H,5H2,1-2H3,(H,16,17). The number of benzene rings is 1. The molecular weight excluding hydrogens is 268 g/mol. The molecule has 17 heavy (non-hydrogen) atoms. The first-order valence-corrected chi connectivity index (χ1v) is 5.65. The minimum Gasteiger partial charge on any atom is -0.480 e. The van der Waals surface area contributed by atoms with E-state index < -0.39 is 11.8 Å². The molecule has 0 aromatic heterocycles. The van der Waals surface area contributed by atoms with Crippen LogP contribution in [0.4, 0.5) is 4.39 Å². The Morgan fingerprint density at radius 1 is 1.47 bits per heavy atom. The second kappa shape index (κ2) is 5.67. The van der Waals surface area contributed by atoms with Crippen LogP contribution in [-0.4, -0.2) is 29.6 Å². The number of carboxylic acids is 1. The number of carboxylic acid groups (broad SMARTS) is 1. The van der Waals surface area contributed by atoms with Crippen molar-refractivity contribution in [2.75, 3.05) is 13.6 Å². The molecule has 1 aromatic rings. The van der Waals surface area contributed by atoms with Gasteiger partial charge in [-0.1, -0.05) is 23.2 Å². The number of hydrogen-bond donors (Lipinski definition) is 1. The third-order valence-electron chi connectivity index (χ3n) is 2.54. The van der Waals surface area contributed by atoms with Gasteiger partial charge in [-0.25, -0.2) is 4.39 Å². The quantitative estimate of drug-likeness (QED) is 0.861. The highest BCUT2D eigenvalue weighted by Crippen LogP contribution is 2.30. The zero-order valence-corrected chi connectivity index (χ0v) is 10.9. The summed E-state index contributed by atoms with van der Waals surface area (Å²) in [6.45, 7) is 1.60.